The predicted octanol–water partition coefficient (Wildman–Crippen LogP) is 1.29. The van der Waals surface area contributed by atoms with E-state index in [4.69, 9.17) is 0 Å². The molecule has 0 aromatic carbocycles. The predicted molar refractivity (Wildman–Crippen MR) is 46.6 cm³/mol. The van der Waals surface area contributed by atoms with E-state index in [1.165, 1.54) is 25.7 Å². The summed E-state index contributed by atoms with van der Waals surface area (Å²) in [6.45, 7) is 0. The highest BCUT2D eigenvalue weighted by atomic mass is 16.3. The largest absolute Gasteiger partial charge is 0.393 e. The van der Waals surface area contributed by atoms with Gasteiger partial charge in [0, 0.05) is 6.04 Å². The Hall–Kier alpha value is -0.0800. The van der Waals surface area contributed by atoms with E-state index in [0.717, 1.165) is 12.8 Å². The van der Waals surface area contributed by atoms with Crippen molar-refractivity contribution in [1.29, 1.82) is 0 Å². The summed E-state index contributed by atoms with van der Waals surface area (Å²) in [6, 6.07) is 0.697. The van der Waals surface area contributed by atoms with Gasteiger partial charge in [-0.15, -0.1) is 0 Å². The second-order valence-electron chi connectivity index (χ2n) is 3.50. The molecule has 1 aliphatic rings. The van der Waals surface area contributed by atoms with Crippen LogP contribution in [0.4, 0.5) is 0 Å². The van der Waals surface area contributed by atoms with Gasteiger partial charge >= 0.3 is 0 Å². The third kappa shape index (κ3) is 3.21. The smallest absolute Gasteiger partial charge is 0.0540 e. The maximum atomic E-state index is 9.35. The van der Waals surface area contributed by atoms with Gasteiger partial charge in [0.2, 0.25) is 0 Å². The first-order valence-electron chi connectivity index (χ1n) is 4.68. The van der Waals surface area contributed by atoms with Gasteiger partial charge < -0.3 is 10.4 Å². The molecule has 1 fully saturated rings. The molecule has 66 valence electrons. The lowest BCUT2D eigenvalue weighted by Crippen LogP contribution is -2.27. The summed E-state index contributed by atoms with van der Waals surface area (Å²) >= 11 is 0. The molecule has 2 nitrogen and oxygen atoms in total. The molecule has 0 atom stereocenters. The molecule has 2 heteroatoms. The molecular weight excluding hydrogens is 138 g/mol. The standard InChI is InChI=1S/C9H19NO/c1-10-8-4-2-6-9(11)7-3-5-8/h8-11H,2-7H2,1H3. The van der Waals surface area contributed by atoms with Crippen molar-refractivity contribution in [2.75, 3.05) is 7.05 Å². The van der Waals surface area contributed by atoms with Crippen molar-refractivity contribution in [3.8, 4) is 0 Å². The third-order valence-electron chi connectivity index (χ3n) is 2.59. The topological polar surface area (TPSA) is 32.3 Å². The van der Waals surface area contributed by atoms with Crippen LogP contribution in [-0.2, 0) is 0 Å². The number of hydrogen-bond donors (Lipinski definition) is 2. The van der Waals surface area contributed by atoms with E-state index in [1.54, 1.807) is 0 Å². The maximum Gasteiger partial charge on any atom is 0.0540 e. The molecule has 0 spiro atoms. The maximum absolute atomic E-state index is 9.35. The van der Waals surface area contributed by atoms with E-state index < -0.39 is 0 Å². The van der Waals surface area contributed by atoms with Gasteiger partial charge in [-0.25, -0.2) is 0 Å². The highest BCUT2D eigenvalue weighted by Gasteiger charge is 2.12. The Morgan fingerprint density at radius 1 is 1.09 bits per heavy atom. The average Bonchev–Trinajstić information content (AvgIpc) is 1.96. The van der Waals surface area contributed by atoms with Crippen LogP contribution in [0.2, 0.25) is 0 Å². The molecule has 1 rings (SSSR count). The summed E-state index contributed by atoms with van der Waals surface area (Å²) in [4.78, 5) is 0. The lowest BCUT2D eigenvalue weighted by Gasteiger charge is -2.21. The molecule has 0 aromatic rings. The molecule has 11 heavy (non-hydrogen) atoms. The first-order chi connectivity index (χ1) is 5.33. The van der Waals surface area contributed by atoms with Crippen LogP contribution in [0.5, 0.6) is 0 Å². The van der Waals surface area contributed by atoms with Gasteiger partial charge in [-0.1, -0.05) is 0 Å². The van der Waals surface area contributed by atoms with Gasteiger partial charge in [0.1, 0.15) is 0 Å². The first-order valence-corrected chi connectivity index (χ1v) is 4.68. The summed E-state index contributed by atoms with van der Waals surface area (Å²) in [5.41, 5.74) is 0. The highest BCUT2D eigenvalue weighted by molar-refractivity contribution is 4.70. The Morgan fingerprint density at radius 3 is 2.09 bits per heavy atom. The van der Waals surface area contributed by atoms with Gasteiger partial charge in [0.25, 0.3) is 0 Å². The Morgan fingerprint density at radius 2 is 1.64 bits per heavy atom. The van der Waals surface area contributed by atoms with Crippen LogP contribution < -0.4 is 5.32 Å². The van der Waals surface area contributed by atoms with Crippen LogP contribution in [0, 0.1) is 0 Å². The van der Waals surface area contributed by atoms with Crippen LogP contribution in [0.3, 0.4) is 0 Å². The van der Waals surface area contributed by atoms with E-state index in [9.17, 15) is 5.11 Å². The van der Waals surface area contributed by atoms with E-state index in [1.807, 2.05) is 7.05 Å². The van der Waals surface area contributed by atoms with Crippen molar-refractivity contribution in [2.45, 2.75) is 50.7 Å². The minimum atomic E-state index is -0.0205. The summed E-state index contributed by atoms with van der Waals surface area (Å²) < 4.78 is 0. The molecule has 0 radical (unpaired) electrons. The fourth-order valence-corrected chi connectivity index (χ4v) is 1.78. The van der Waals surface area contributed by atoms with Gasteiger partial charge in [-0.3, -0.25) is 0 Å². The van der Waals surface area contributed by atoms with Crippen LogP contribution >= 0.6 is 0 Å². The Balaban J connectivity index is 2.22. The zero-order valence-corrected chi connectivity index (χ0v) is 7.34. The van der Waals surface area contributed by atoms with Crippen LogP contribution in [0.15, 0.2) is 0 Å². The summed E-state index contributed by atoms with van der Waals surface area (Å²) in [5, 5.41) is 12.7. The SMILES string of the molecule is CNC1CCCC(O)CCC1. The second-order valence-corrected chi connectivity index (χ2v) is 3.50. The molecule has 0 bridgehead atoms. The van der Waals surface area contributed by atoms with Gasteiger partial charge in [0.05, 0.1) is 6.10 Å². The normalized spacial score (nSPS) is 34.4. The lowest BCUT2D eigenvalue weighted by molar-refractivity contribution is 0.137. The van der Waals surface area contributed by atoms with Gasteiger partial charge in [-0.2, -0.15) is 0 Å². The van der Waals surface area contributed by atoms with Crippen molar-refractivity contribution in [2.24, 2.45) is 0 Å². The summed E-state index contributed by atoms with van der Waals surface area (Å²) in [7, 11) is 2.03. The molecule has 0 amide bonds. The van der Waals surface area contributed by atoms with Crippen molar-refractivity contribution in [3.05, 3.63) is 0 Å². The van der Waals surface area contributed by atoms with Crippen molar-refractivity contribution >= 4 is 0 Å². The minimum absolute atomic E-state index is 0.0205. The molecule has 0 unspecified atom stereocenters. The number of aliphatic hydroxyl groups excluding tert-OH is 1. The van der Waals surface area contributed by atoms with E-state index in [0.29, 0.717) is 6.04 Å². The number of hydrogen-bond acceptors (Lipinski definition) is 2. The lowest BCUT2D eigenvalue weighted by atomic mass is 9.95. The number of nitrogens with one attached hydrogen (secondary N) is 1. The molecule has 2 N–H and O–H groups in total. The van der Waals surface area contributed by atoms with E-state index in [-0.39, 0.29) is 6.10 Å². The molecule has 0 heterocycles. The zero-order chi connectivity index (χ0) is 8.10. The molecular formula is C9H19NO. The molecule has 1 aliphatic carbocycles. The van der Waals surface area contributed by atoms with Crippen molar-refractivity contribution in [1.82, 2.24) is 5.32 Å². The molecule has 0 aromatic heterocycles. The van der Waals surface area contributed by atoms with E-state index >= 15 is 0 Å². The quantitative estimate of drug-likeness (QED) is 0.601. The fourth-order valence-electron chi connectivity index (χ4n) is 1.78. The summed E-state index contributed by atoms with van der Waals surface area (Å²) in [5.74, 6) is 0. The van der Waals surface area contributed by atoms with Crippen LogP contribution in [0.25, 0.3) is 0 Å². The van der Waals surface area contributed by atoms with Gasteiger partial charge in [0.15, 0.2) is 0 Å². The van der Waals surface area contributed by atoms with Crippen LogP contribution in [0.1, 0.15) is 38.5 Å². The highest BCUT2D eigenvalue weighted by Crippen LogP contribution is 2.17. The molecule has 0 saturated heterocycles. The molecule has 1 saturated carbocycles. The third-order valence-corrected chi connectivity index (χ3v) is 2.59. The Kier molecular flexibility index (Phi) is 3.87. The first kappa shape index (κ1) is 9.01. The van der Waals surface area contributed by atoms with Crippen LogP contribution in [-0.4, -0.2) is 24.3 Å². The van der Waals surface area contributed by atoms with Crippen molar-refractivity contribution < 1.29 is 5.11 Å². The number of aliphatic hydroxyl groups is 1. The fraction of sp³-hybridized carbons (Fsp3) is 1.00. The molecule has 0 aliphatic heterocycles. The Labute approximate surface area is 69.0 Å². The zero-order valence-electron chi connectivity index (χ0n) is 7.34. The van der Waals surface area contributed by atoms with Crippen molar-refractivity contribution in [3.63, 3.8) is 0 Å². The minimum Gasteiger partial charge on any atom is -0.393 e. The number of rotatable bonds is 1. The second kappa shape index (κ2) is 4.73. The average molecular weight is 157 g/mol. The van der Waals surface area contributed by atoms with Gasteiger partial charge in [-0.05, 0) is 45.6 Å². The Bertz CT molecular complexity index is 95.7. The summed E-state index contributed by atoms with van der Waals surface area (Å²) in [6.07, 6.45) is 6.78. The monoisotopic (exact) mass is 157 g/mol. The van der Waals surface area contributed by atoms with E-state index in [2.05, 4.69) is 5.32 Å².